The van der Waals surface area contributed by atoms with E-state index < -0.39 is 0 Å². The summed E-state index contributed by atoms with van der Waals surface area (Å²) in [5.41, 5.74) is 1.85. The highest BCUT2D eigenvalue weighted by molar-refractivity contribution is 9.11. The molecular formula is C12H11Br2N3OS3. The molecular weight excluding hydrogens is 458 g/mol. The van der Waals surface area contributed by atoms with Crippen molar-refractivity contribution in [1.82, 2.24) is 9.36 Å². The van der Waals surface area contributed by atoms with Gasteiger partial charge in [0, 0.05) is 8.95 Å². The smallest absolute Gasteiger partial charge is 0.234 e. The second kappa shape index (κ2) is 7.96. The number of carbonyl (C=O) groups excluding carboxylic acids is 1. The third-order valence-electron chi connectivity index (χ3n) is 2.35. The standard InChI is InChI=1S/C12H11Br2N3OS3/c1-6-3-7(13)10(8(14)4-6)15-9(18)5-20-12-16-11(19-2)17-21-12/h3-4H,5H2,1-2H3,(H,15,18). The maximum atomic E-state index is 12.0. The number of anilines is 1. The molecule has 1 heterocycles. The fourth-order valence-corrected chi connectivity index (χ4v) is 5.08. The lowest BCUT2D eigenvalue weighted by atomic mass is 10.2. The Bertz CT molecular complexity index is 640. The van der Waals surface area contributed by atoms with E-state index in [0.29, 0.717) is 5.75 Å². The van der Waals surface area contributed by atoms with Crippen LogP contribution in [-0.4, -0.2) is 27.3 Å². The van der Waals surface area contributed by atoms with Crippen molar-refractivity contribution in [3.8, 4) is 0 Å². The molecule has 0 aliphatic rings. The first-order valence-corrected chi connectivity index (χ1v) is 10.3. The summed E-state index contributed by atoms with van der Waals surface area (Å²) >= 11 is 11.1. The number of nitrogens with zero attached hydrogens (tertiary/aromatic N) is 2. The Morgan fingerprint density at radius 1 is 1.38 bits per heavy atom. The van der Waals surface area contributed by atoms with Crippen molar-refractivity contribution in [3.63, 3.8) is 0 Å². The zero-order chi connectivity index (χ0) is 15.4. The van der Waals surface area contributed by atoms with Gasteiger partial charge in [-0.25, -0.2) is 4.98 Å². The molecule has 0 radical (unpaired) electrons. The van der Waals surface area contributed by atoms with Crippen molar-refractivity contribution in [3.05, 3.63) is 26.6 Å². The molecule has 0 unspecified atom stereocenters. The van der Waals surface area contributed by atoms with Crippen LogP contribution in [0.1, 0.15) is 5.56 Å². The van der Waals surface area contributed by atoms with Gasteiger partial charge in [0.25, 0.3) is 0 Å². The molecule has 2 aromatic rings. The van der Waals surface area contributed by atoms with E-state index in [1.165, 1.54) is 35.1 Å². The minimum absolute atomic E-state index is 0.0776. The predicted molar refractivity (Wildman–Crippen MR) is 97.6 cm³/mol. The Morgan fingerprint density at radius 2 is 2.05 bits per heavy atom. The van der Waals surface area contributed by atoms with Crippen molar-refractivity contribution in [1.29, 1.82) is 0 Å². The predicted octanol–water partition coefficient (Wildman–Crippen LogP) is 4.82. The lowest BCUT2D eigenvalue weighted by molar-refractivity contribution is -0.113. The number of benzene rings is 1. The molecule has 0 fully saturated rings. The second-order valence-electron chi connectivity index (χ2n) is 3.99. The zero-order valence-electron chi connectivity index (χ0n) is 11.1. The molecule has 0 saturated heterocycles. The Balaban J connectivity index is 1.96. The van der Waals surface area contributed by atoms with Gasteiger partial charge in [-0.2, -0.15) is 4.37 Å². The van der Waals surface area contributed by atoms with E-state index in [4.69, 9.17) is 0 Å². The van der Waals surface area contributed by atoms with Gasteiger partial charge in [0.1, 0.15) is 0 Å². The normalized spacial score (nSPS) is 10.7. The van der Waals surface area contributed by atoms with E-state index in [2.05, 4.69) is 46.5 Å². The number of hydrogen-bond acceptors (Lipinski definition) is 6. The van der Waals surface area contributed by atoms with Gasteiger partial charge in [-0.3, -0.25) is 4.79 Å². The van der Waals surface area contributed by atoms with Gasteiger partial charge in [-0.15, -0.1) is 0 Å². The number of thioether (sulfide) groups is 2. The number of rotatable bonds is 5. The van der Waals surface area contributed by atoms with Gasteiger partial charge in [0.2, 0.25) is 11.1 Å². The van der Waals surface area contributed by atoms with Crippen LogP contribution in [0.25, 0.3) is 0 Å². The molecule has 0 bridgehead atoms. The fourth-order valence-electron chi connectivity index (χ4n) is 1.46. The van der Waals surface area contributed by atoms with Gasteiger partial charge < -0.3 is 5.32 Å². The third-order valence-corrected chi connectivity index (χ3v) is 6.10. The van der Waals surface area contributed by atoms with Crippen LogP contribution in [0.15, 0.2) is 30.6 Å². The molecule has 0 aliphatic heterocycles. The Hall–Kier alpha value is -0.0900. The molecule has 2 rings (SSSR count). The molecule has 1 aromatic carbocycles. The number of aromatic nitrogens is 2. The van der Waals surface area contributed by atoms with Crippen LogP contribution in [0.3, 0.4) is 0 Å². The highest BCUT2D eigenvalue weighted by Gasteiger charge is 2.12. The van der Waals surface area contributed by atoms with E-state index in [1.54, 1.807) is 0 Å². The molecule has 0 spiro atoms. The van der Waals surface area contributed by atoms with E-state index in [0.717, 1.165) is 29.7 Å². The van der Waals surface area contributed by atoms with Crippen molar-refractivity contribution in [2.24, 2.45) is 0 Å². The first-order chi connectivity index (χ1) is 9.99. The number of carbonyl (C=O) groups is 1. The van der Waals surface area contributed by atoms with Crippen LogP contribution in [0.4, 0.5) is 5.69 Å². The molecule has 1 amide bonds. The van der Waals surface area contributed by atoms with Crippen molar-refractivity contribution < 1.29 is 4.79 Å². The molecule has 21 heavy (non-hydrogen) atoms. The average Bonchev–Trinajstić information content (AvgIpc) is 2.88. The molecule has 0 atom stereocenters. The van der Waals surface area contributed by atoms with E-state index in [-0.39, 0.29) is 5.91 Å². The van der Waals surface area contributed by atoms with Crippen molar-refractivity contribution in [2.45, 2.75) is 16.4 Å². The van der Waals surface area contributed by atoms with Crippen LogP contribution in [-0.2, 0) is 4.79 Å². The molecule has 9 heteroatoms. The summed E-state index contributed by atoms with van der Waals surface area (Å²) in [7, 11) is 0. The summed E-state index contributed by atoms with van der Waals surface area (Å²) in [6, 6.07) is 3.92. The fraction of sp³-hybridized carbons (Fsp3) is 0.250. The van der Waals surface area contributed by atoms with Crippen LogP contribution in [0, 0.1) is 6.92 Å². The quantitative estimate of drug-likeness (QED) is 0.637. The van der Waals surface area contributed by atoms with Crippen LogP contribution in [0.2, 0.25) is 0 Å². The molecule has 4 nitrogen and oxygen atoms in total. The van der Waals surface area contributed by atoms with Gasteiger partial charge in [-0.1, -0.05) is 23.5 Å². The topological polar surface area (TPSA) is 54.9 Å². The lowest BCUT2D eigenvalue weighted by Gasteiger charge is -2.10. The first kappa shape index (κ1) is 17.3. The van der Waals surface area contributed by atoms with Crippen LogP contribution in [0.5, 0.6) is 0 Å². The lowest BCUT2D eigenvalue weighted by Crippen LogP contribution is -2.14. The molecule has 0 aliphatic carbocycles. The molecule has 1 aromatic heterocycles. The Labute approximate surface area is 152 Å². The number of halogens is 2. The number of aryl methyl sites for hydroxylation is 1. The third kappa shape index (κ3) is 4.95. The van der Waals surface area contributed by atoms with Crippen molar-refractivity contribution >= 4 is 78.5 Å². The number of hydrogen-bond donors (Lipinski definition) is 1. The monoisotopic (exact) mass is 467 g/mol. The van der Waals surface area contributed by atoms with Gasteiger partial charge in [-0.05, 0) is 74.3 Å². The molecule has 0 saturated carbocycles. The maximum absolute atomic E-state index is 12.0. The first-order valence-electron chi connectivity index (χ1n) is 5.75. The summed E-state index contributed by atoms with van der Waals surface area (Å²) in [5.74, 6) is 0.224. The summed E-state index contributed by atoms with van der Waals surface area (Å²) in [4.78, 5) is 16.3. The number of nitrogens with one attached hydrogen (secondary N) is 1. The van der Waals surface area contributed by atoms with Crippen LogP contribution >= 0.6 is 66.9 Å². The average molecular weight is 469 g/mol. The zero-order valence-corrected chi connectivity index (χ0v) is 16.8. The minimum Gasteiger partial charge on any atom is -0.323 e. The van der Waals surface area contributed by atoms with Gasteiger partial charge >= 0.3 is 0 Å². The van der Waals surface area contributed by atoms with Crippen molar-refractivity contribution in [2.75, 3.05) is 17.3 Å². The summed E-state index contributed by atoms with van der Waals surface area (Å²) < 4.78 is 6.67. The Morgan fingerprint density at radius 3 is 2.62 bits per heavy atom. The SMILES string of the molecule is CSc1nsc(SCC(=O)Nc2c(Br)cc(C)cc2Br)n1. The largest absolute Gasteiger partial charge is 0.323 e. The highest BCUT2D eigenvalue weighted by atomic mass is 79.9. The second-order valence-corrected chi connectivity index (χ2v) is 8.44. The van der Waals surface area contributed by atoms with E-state index in [9.17, 15) is 4.79 Å². The summed E-state index contributed by atoms with van der Waals surface area (Å²) in [6.07, 6.45) is 1.93. The highest BCUT2D eigenvalue weighted by Crippen LogP contribution is 2.32. The number of amides is 1. The molecule has 112 valence electrons. The van der Waals surface area contributed by atoms with Gasteiger partial charge in [0.15, 0.2) is 4.34 Å². The van der Waals surface area contributed by atoms with E-state index in [1.807, 2.05) is 25.3 Å². The maximum Gasteiger partial charge on any atom is 0.234 e. The minimum atomic E-state index is -0.0776. The Kier molecular flexibility index (Phi) is 6.54. The van der Waals surface area contributed by atoms with E-state index >= 15 is 0 Å². The van der Waals surface area contributed by atoms with Gasteiger partial charge in [0.05, 0.1) is 11.4 Å². The van der Waals surface area contributed by atoms with Crippen LogP contribution < -0.4 is 5.32 Å². The summed E-state index contributed by atoms with van der Waals surface area (Å²) in [6.45, 7) is 2.00. The molecule has 1 N–H and O–H groups in total. The summed E-state index contributed by atoms with van der Waals surface area (Å²) in [5, 5.41) is 3.64.